The van der Waals surface area contributed by atoms with Gasteiger partial charge in [-0.3, -0.25) is 14.8 Å². The number of fused-ring (bicyclic) bond motifs is 3. The van der Waals surface area contributed by atoms with Crippen LogP contribution in [0.4, 0.5) is 0 Å². The van der Waals surface area contributed by atoms with Crippen molar-refractivity contribution in [3.63, 3.8) is 0 Å². The molecule has 3 saturated heterocycles. The maximum atomic E-state index is 13.0. The number of nitriles is 1. The summed E-state index contributed by atoms with van der Waals surface area (Å²) in [5.41, 5.74) is 3.82. The van der Waals surface area contributed by atoms with E-state index in [1.807, 2.05) is 18.2 Å². The van der Waals surface area contributed by atoms with Crippen LogP contribution in [0.1, 0.15) is 37.0 Å². The first-order chi connectivity index (χ1) is 20.5. The highest BCUT2D eigenvalue weighted by atomic mass is 16.5. The number of benzene rings is 1. The van der Waals surface area contributed by atoms with Crippen molar-refractivity contribution in [3.05, 3.63) is 66.4 Å². The first kappa shape index (κ1) is 27.7. The molecule has 6 rings (SSSR count). The molecule has 0 N–H and O–H groups in total. The molecular formula is C32H32N4O6. The van der Waals surface area contributed by atoms with Crippen LogP contribution < -0.4 is 4.74 Å². The number of aromatic nitrogens is 1. The van der Waals surface area contributed by atoms with E-state index in [9.17, 15) is 10.1 Å². The van der Waals surface area contributed by atoms with Crippen LogP contribution in [0.15, 0.2) is 64.5 Å². The van der Waals surface area contributed by atoms with Crippen LogP contribution in [-0.2, 0) is 19.0 Å². The number of carbonyl (C=O) groups excluding carboxylic acids is 1. The zero-order valence-corrected chi connectivity index (χ0v) is 23.5. The third-order valence-electron chi connectivity index (χ3n) is 7.75. The summed E-state index contributed by atoms with van der Waals surface area (Å²) in [5, 5.41) is 9.86. The Bertz CT molecular complexity index is 1580. The van der Waals surface area contributed by atoms with E-state index < -0.39 is 0 Å². The Labute approximate surface area is 243 Å². The van der Waals surface area contributed by atoms with Crippen molar-refractivity contribution in [2.45, 2.75) is 44.0 Å². The molecular weight excluding hydrogens is 536 g/mol. The fourth-order valence-corrected chi connectivity index (χ4v) is 5.61. The van der Waals surface area contributed by atoms with Crippen molar-refractivity contribution in [2.24, 2.45) is 4.99 Å². The van der Waals surface area contributed by atoms with Crippen molar-refractivity contribution >= 4 is 28.8 Å². The van der Waals surface area contributed by atoms with E-state index in [4.69, 9.17) is 23.4 Å². The van der Waals surface area contributed by atoms with Crippen LogP contribution in [0.25, 0.3) is 27.8 Å². The monoisotopic (exact) mass is 568 g/mol. The summed E-state index contributed by atoms with van der Waals surface area (Å²) in [4.78, 5) is 23.6. The average molecular weight is 569 g/mol. The second-order valence-corrected chi connectivity index (χ2v) is 10.6. The number of rotatable bonds is 8. The highest BCUT2D eigenvalue weighted by Gasteiger charge is 2.36. The Morgan fingerprint density at radius 3 is 2.69 bits per heavy atom. The van der Waals surface area contributed by atoms with Crippen molar-refractivity contribution in [3.8, 4) is 22.9 Å². The molecule has 10 heteroatoms. The lowest BCUT2D eigenvalue weighted by atomic mass is 10.0. The maximum Gasteiger partial charge on any atom is 0.272 e. The molecule has 5 heterocycles. The molecule has 0 saturated carbocycles. The van der Waals surface area contributed by atoms with Crippen LogP contribution in [0.2, 0.25) is 0 Å². The number of likely N-dealkylation sites (tertiary alicyclic amines) is 1. The van der Waals surface area contributed by atoms with E-state index in [0.29, 0.717) is 60.0 Å². The van der Waals surface area contributed by atoms with E-state index >= 15 is 0 Å². The van der Waals surface area contributed by atoms with Crippen molar-refractivity contribution in [1.82, 2.24) is 9.88 Å². The number of carbonyl (C=O) groups is 1. The molecule has 3 aliphatic heterocycles. The van der Waals surface area contributed by atoms with Crippen LogP contribution in [0.3, 0.4) is 0 Å². The predicted octanol–water partition coefficient (Wildman–Crippen LogP) is 4.89. The van der Waals surface area contributed by atoms with Gasteiger partial charge < -0.3 is 28.3 Å². The number of hydrogen-bond donors (Lipinski definition) is 0. The molecule has 42 heavy (non-hydrogen) atoms. The largest absolute Gasteiger partial charge is 0.504 e. The molecule has 0 aliphatic carbocycles. The summed E-state index contributed by atoms with van der Waals surface area (Å²) in [6, 6.07) is 11.4. The van der Waals surface area contributed by atoms with Crippen LogP contribution in [0, 0.1) is 11.3 Å². The number of ether oxygens (including phenoxy) is 4. The number of amides is 1. The van der Waals surface area contributed by atoms with Gasteiger partial charge in [-0.15, -0.1) is 0 Å². The SMILES string of the molecule is C=C(N=C/C(=C/OC)c1cc2nccc(-c3ccc(OC4CCOCC4)c(C#N)c3)c2o1)C(=O)N1CC2CCC(C1)O2. The normalized spacial score (nSPS) is 21.0. The zero-order valence-electron chi connectivity index (χ0n) is 23.5. The Kier molecular flexibility index (Phi) is 8.04. The number of methoxy groups -OCH3 is 1. The smallest absolute Gasteiger partial charge is 0.272 e. The lowest BCUT2D eigenvalue weighted by Crippen LogP contribution is -2.46. The summed E-state index contributed by atoms with van der Waals surface area (Å²) < 4.78 is 28.9. The van der Waals surface area contributed by atoms with Crippen LogP contribution in [-0.4, -0.2) is 73.7 Å². The Hall–Kier alpha value is -4.46. The van der Waals surface area contributed by atoms with Crippen molar-refractivity contribution in [1.29, 1.82) is 5.26 Å². The van der Waals surface area contributed by atoms with Crippen molar-refractivity contribution < 1.29 is 28.2 Å². The number of furan rings is 1. The molecule has 0 spiro atoms. The molecule has 216 valence electrons. The highest BCUT2D eigenvalue weighted by Crippen LogP contribution is 2.34. The summed E-state index contributed by atoms with van der Waals surface area (Å²) in [6.45, 7) is 6.32. The molecule has 3 fully saturated rings. The first-order valence-corrected chi connectivity index (χ1v) is 14.1. The topological polar surface area (TPSA) is 119 Å². The number of pyridine rings is 1. The quantitative estimate of drug-likeness (QED) is 0.214. The Balaban J connectivity index is 1.23. The summed E-state index contributed by atoms with van der Waals surface area (Å²) >= 11 is 0. The fourth-order valence-electron chi connectivity index (χ4n) is 5.61. The van der Waals surface area contributed by atoms with E-state index in [2.05, 4.69) is 22.6 Å². The van der Waals surface area contributed by atoms with Gasteiger partial charge in [-0.05, 0) is 36.6 Å². The molecule has 1 amide bonds. The third-order valence-corrected chi connectivity index (χ3v) is 7.75. The average Bonchev–Trinajstić information content (AvgIpc) is 3.61. The molecule has 2 unspecified atom stereocenters. The van der Waals surface area contributed by atoms with Gasteiger partial charge >= 0.3 is 0 Å². The number of hydrogen-bond acceptors (Lipinski definition) is 9. The first-order valence-electron chi connectivity index (χ1n) is 14.1. The second kappa shape index (κ2) is 12.2. The van der Waals surface area contributed by atoms with Gasteiger partial charge in [0.1, 0.15) is 34.9 Å². The van der Waals surface area contributed by atoms with Gasteiger partial charge in [0, 0.05) is 50.0 Å². The fraction of sp³-hybridized carbons (Fsp3) is 0.375. The Morgan fingerprint density at radius 1 is 1.17 bits per heavy atom. The highest BCUT2D eigenvalue weighted by molar-refractivity contribution is 6.11. The minimum Gasteiger partial charge on any atom is -0.504 e. The van der Waals surface area contributed by atoms with Gasteiger partial charge in [-0.2, -0.15) is 5.26 Å². The van der Waals surface area contributed by atoms with Crippen LogP contribution >= 0.6 is 0 Å². The number of morpholine rings is 1. The van der Waals surface area contributed by atoms with Gasteiger partial charge in [0.25, 0.3) is 5.91 Å². The summed E-state index contributed by atoms with van der Waals surface area (Å²) in [6.07, 6.45) is 8.43. The van der Waals surface area contributed by atoms with E-state index in [1.165, 1.54) is 19.6 Å². The third kappa shape index (κ3) is 5.79. The lowest BCUT2D eigenvalue weighted by molar-refractivity contribution is -0.135. The standard InChI is InChI=1S/C32H32N4O6/c1-20(32(37)36-17-25-4-5-26(18-36)40-25)35-16-23(19-38-2)30-14-28-31(42-30)27(7-10-34-28)21-3-6-29(22(13-21)15-33)41-24-8-11-39-12-9-24/h3,6-7,10,13-14,16,19,24-26H,1,4-5,8-9,11-12,17-18H2,2H3/b23-19-,35-16?. The second-order valence-electron chi connectivity index (χ2n) is 10.6. The Morgan fingerprint density at radius 2 is 1.95 bits per heavy atom. The van der Waals surface area contributed by atoms with Gasteiger partial charge in [-0.25, -0.2) is 0 Å². The van der Waals surface area contributed by atoms with E-state index in [-0.39, 0.29) is 29.9 Å². The molecule has 2 atom stereocenters. The van der Waals surface area contributed by atoms with E-state index in [1.54, 1.807) is 23.2 Å². The van der Waals surface area contributed by atoms with Gasteiger partial charge in [0.15, 0.2) is 5.58 Å². The molecule has 3 aromatic rings. The molecule has 1 aromatic carbocycles. The minimum atomic E-state index is -0.214. The van der Waals surface area contributed by atoms with E-state index in [0.717, 1.165) is 36.8 Å². The summed E-state index contributed by atoms with van der Waals surface area (Å²) in [5.74, 6) is 0.800. The number of nitrogens with zero attached hydrogens (tertiary/aromatic N) is 4. The predicted molar refractivity (Wildman–Crippen MR) is 156 cm³/mol. The molecule has 0 radical (unpaired) electrons. The molecule has 2 aromatic heterocycles. The number of aliphatic imine (C=N–C) groups is 1. The van der Waals surface area contributed by atoms with Gasteiger partial charge in [0.2, 0.25) is 0 Å². The van der Waals surface area contributed by atoms with Gasteiger partial charge in [0.05, 0.1) is 49.9 Å². The lowest BCUT2D eigenvalue weighted by Gasteiger charge is -2.31. The minimum absolute atomic E-state index is 0.0278. The zero-order chi connectivity index (χ0) is 29.1. The number of allylic oxidation sites excluding steroid dienone is 1. The van der Waals surface area contributed by atoms with Gasteiger partial charge in [-0.1, -0.05) is 12.6 Å². The summed E-state index contributed by atoms with van der Waals surface area (Å²) in [7, 11) is 1.52. The van der Waals surface area contributed by atoms with Crippen molar-refractivity contribution in [2.75, 3.05) is 33.4 Å². The maximum absolute atomic E-state index is 13.0. The van der Waals surface area contributed by atoms with Crippen LogP contribution in [0.5, 0.6) is 5.75 Å². The molecule has 3 aliphatic rings. The molecule has 10 nitrogen and oxygen atoms in total. The molecule has 2 bridgehead atoms.